The summed E-state index contributed by atoms with van der Waals surface area (Å²) in [5, 5.41) is 0.841. The summed E-state index contributed by atoms with van der Waals surface area (Å²) < 4.78 is 7.52. The van der Waals surface area contributed by atoms with Crippen LogP contribution in [-0.4, -0.2) is 22.8 Å². The first-order valence-corrected chi connectivity index (χ1v) is 6.15. The van der Waals surface area contributed by atoms with Gasteiger partial charge in [-0.1, -0.05) is 15.9 Å². The Morgan fingerprint density at radius 2 is 2.29 bits per heavy atom. The van der Waals surface area contributed by atoms with E-state index in [0.29, 0.717) is 0 Å². The Balaban J connectivity index is 1.89. The number of hydrogen-bond acceptors (Lipinski definition) is 2. The minimum absolute atomic E-state index is 0.765. The van der Waals surface area contributed by atoms with Crippen molar-refractivity contribution in [1.82, 2.24) is 9.55 Å². The molecule has 0 aromatic carbocycles. The molecule has 0 aliphatic carbocycles. The zero-order chi connectivity index (χ0) is 9.80. The fourth-order valence-corrected chi connectivity index (χ4v) is 2.09. The van der Waals surface area contributed by atoms with Gasteiger partial charge in [-0.3, -0.25) is 0 Å². The molecular formula is C10H15BrN2O. The highest BCUT2D eigenvalue weighted by molar-refractivity contribution is 9.08. The number of rotatable bonds is 3. The molecule has 14 heavy (non-hydrogen) atoms. The van der Waals surface area contributed by atoms with Gasteiger partial charge < -0.3 is 9.30 Å². The molecule has 0 bridgehead atoms. The molecule has 4 heteroatoms. The van der Waals surface area contributed by atoms with Crippen molar-refractivity contribution in [3.8, 4) is 0 Å². The number of imidazole rings is 1. The molecule has 0 radical (unpaired) electrons. The van der Waals surface area contributed by atoms with E-state index in [1.807, 2.05) is 6.33 Å². The van der Waals surface area contributed by atoms with Crippen LogP contribution in [0.2, 0.25) is 0 Å². The van der Waals surface area contributed by atoms with Gasteiger partial charge in [0.2, 0.25) is 0 Å². The average Bonchev–Trinajstić information content (AvgIpc) is 2.67. The van der Waals surface area contributed by atoms with Gasteiger partial charge in [-0.15, -0.1) is 0 Å². The van der Waals surface area contributed by atoms with Crippen molar-refractivity contribution in [2.75, 3.05) is 13.2 Å². The molecule has 1 saturated heterocycles. The zero-order valence-electron chi connectivity index (χ0n) is 8.16. The van der Waals surface area contributed by atoms with Gasteiger partial charge in [0, 0.05) is 31.3 Å². The number of hydrogen-bond donors (Lipinski definition) is 0. The summed E-state index contributed by atoms with van der Waals surface area (Å²) in [5.74, 6) is 0.765. The van der Waals surface area contributed by atoms with Gasteiger partial charge in [0.05, 0.1) is 12.0 Å². The SMILES string of the molecule is BrCc1cn(CC2CCOCC2)cn1. The van der Waals surface area contributed by atoms with E-state index in [1.54, 1.807) is 0 Å². The Kier molecular flexibility index (Phi) is 3.59. The lowest BCUT2D eigenvalue weighted by Gasteiger charge is -2.21. The quantitative estimate of drug-likeness (QED) is 0.778. The van der Waals surface area contributed by atoms with Gasteiger partial charge in [-0.05, 0) is 18.8 Å². The highest BCUT2D eigenvalue weighted by Crippen LogP contribution is 2.17. The average molecular weight is 259 g/mol. The Morgan fingerprint density at radius 1 is 1.50 bits per heavy atom. The number of halogens is 1. The van der Waals surface area contributed by atoms with Crippen molar-refractivity contribution in [2.24, 2.45) is 5.92 Å². The van der Waals surface area contributed by atoms with Crippen molar-refractivity contribution < 1.29 is 4.74 Å². The molecule has 1 aromatic heterocycles. The van der Waals surface area contributed by atoms with E-state index < -0.39 is 0 Å². The third-order valence-corrected chi connectivity index (χ3v) is 3.21. The van der Waals surface area contributed by atoms with Crippen LogP contribution in [0.1, 0.15) is 18.5 Å². The van der Waals surface area contributed by atoms with Gasteiger partial charge in [0.25, 0.3) is 0 Å². The maximum absolute atomic E-state index is 5.33. The summed E-state index contributed by atoms with van der Waals surface area (Å²) >= 11 is 3.40. The largest absolute Gasteiger partial charge is 0.381 e. The number of aromatic nitrogens is 2. The second kappa shape index (κ2) is 4.94. The van der Waals surface area contributed by atoms with Crippen LogP contribution < -0.4 is 0 Å². The van der Waals surface area contributed by atoms with Crippen LogP contribution in [0.25, 0.3) is 0 Å². The molecule has 0 N–H and O–H groups in total. The summed E-state index contributed by atoms with van der Waals surface area (Å²) in [4.78, 5) is 4.29. The lowest BCUT2D eigenvalue weighted by atomic mass is 10.0. The molecule has 2 rings (SSSR count). The Hall–Kier alpha value is -0.350. The number of ether oxygens (including phenoxy) is 1. The highest BCUT2D eigenvalue weighted by atomic mass is 79.9. The molecule has 0 saturated carbocycles. The first-order valence-electron chi connectivity index (χ1n) is 5.03. The van der Waals surface area contributed by atoms with E-state index >= 15 is 0 Å². The molecule has 0 unspecified atom stereocenters. The van der Waals surface area contributed by atoms with Crippen molar-refractivity contribution in [2.45, 2.75) is 24.7 Å². The van der Waals surface area contributed by atoms with Gasteiger partial charge in [-0.25, -0.2) is 4.98 Å². The van der Waals surface area contributed by atoms with Crippen LogP contribution in [-0.2, 0) is 16.6 Å². The van der Waals surface area contributed by atoms with Gasteiger partial charge in [0.15, 0.2) is 0 Å². The maximum Gasteiger partial charge on any atom is 0.0949 e. The smallest absolute Gasteiger partial charge is 0.0949 e. The molecule has 78 valence electrons. The zero-order valence-corrected chi connectivity index (χ0v) is 9.74. The summed E-state index contributed by atoms with van der Waals surface area (Å²) in [6, 6.07) is 0. The topological polar surface area (TPSA) is 27.1 Å². The first kappa shape index (κ1) is 10.2. The number of nitrogens with zero attached hydrogens (tertiary/aromatic N) is 2. The summed E-state index contributed by atoms with van der Waals surface area (Å²) in [6.07, 6.45) is 6.40. The van der Waals surface area contributed by atoms with Gasteiger partial charge >= 0.3 is 0 Å². The van der Waals surface area contributed by atoms with Crippen molar-refractivity contribution in [3.63, 3.8) is 0 Å². The van der Waals surface area contributed by atoms with Crippen LogP contribution >= 0.6 is 15.9 Å². The molecule has 3 nitrogen and oxygen atoms in total. The van der Waals surface area contributed by atoms with E-state index in [4.69, 9.17) is 4.74 Å². The Morgan fingerprint density at radius 3 is 2.93 bits per heavy atom. The number of alkyl halides is 1. The van der Waals surface area contributed by atoms with E-state index in [1.165, 1.54) is 12.8 Å². The van der Waals surface area contributed by atoms with E-state index in [2.05, 4.69) is 31.7 Å². The van der Waals surface area contributed by atoms with Crippen LogP contribution in [0.3, 0.4) is 0 Å². The standard InChI is InChI=1S/C10H15BrN2O/c11-5-10-7-13(8-12-10)6-9-1-3-14-4-2-9/h7-9H,1-6H2. The van der Waals surface area contributed by atoms with Gasteiger partial charge in [0.1, 0.15) is 0 Å². The lowest BCUT2D eigenvalue weighted by molar-refractivity contribution is 0.0612. The Bertz CT molecular complexity index is 281. The second-order valence-corrected chi connectivity index (χ2v) is 4.31. The molecule has 0 amide bonds. The minimum atomic E-state index is 0.765. The molecule has 0 spiro atoms. The molecule has 1 fully saturated rings. The monoisotopic (exact) mass is 258 g/mol. The summed E-state index contributed by atoms with van der Waals surface area (Å²) in [7, 11) is 0. The van der Waals surface area contributed by atoms with E-state index in [-0.39, 0.29) is 0 Å². The predicted molar refractivity (Wildman–Crippen MR) is 58.4 cm³/mol. The van der Waals surface area contributed by atoms with E-state index in [0.717, 1.165) is 36.7 Å². The van der Waals surface area contributed by atoms with Crippen molar-refractivity contribution in [1.29, 1.82) is 0 Å². The molecule has 1 aliphatic heterocycles. The lowest BCUT2D eigenvalue weighted by Crippen LogP contribution is -2.19. The normalized spacial score (nSPS) is 18.6. The summed E-state index contributed by atoms with van der Waals surface area (Å²) in [5.41, 5.74) is 1.11. The maximum atomic E-state index is 5.33. The third-order valence-electron chi connectivity index (χ3n) is 2.63. The van der Waals surface area contributed by atoms with E-state index in [9.17, 15) is 0 Å². The molecule has 0 atom stereocenters. The second-order valence-electron chi connectivity index (χ2n) is 3.75. The first-order chi connectivity index (χ1) is 6.88. The van der Waals surface area contributed by atoms with Crippen molar-refractivity contribution >= 4 is 15.9 Å². The third kappa shape index (κ3) is 2.58. The molecule has 2 heterocycles. The van der Waals surface area contributed by atoms with Gasteiger partial charge in [-0.2, -0.15) is 0 Å². The predicted octanol–water partition coefficient (Wildman–Crippen LogP) is 2.20. The Labute approximate surface area is 92.6 Å². The fourth-order valence-electron chi connectivity index (χ4n) is 1.80. The fraction of sp³-hybridized carbons (Fsp3) is 0.700. The molecule has 1 aliphatic rings. The summed E-state index contributed by atoms with van der Waals surface area (Å²) in [6.45, 7) is 2.93. The van der Waals surface area contributed by atoms with Crippen LogP contribution in [0.5, 0.6) is 0 Å². The van der Waals surface area contributed by atoms with Crippen LogP contribution in [0.4, 0.5) is 0 Å². The van der Waals surface area contributed by atoms with Crippen molar-refractivity contribution in [3.05, 3.63) is 18.2 Å². The highest BCUT2D eigenvalue weighted by Gasteiger charge is 2.14. The minimum Gasteiger partial charge on any atom is -0.381 e. The molecular weight excluding hydrogens is 244 g/mol. The van der Waals surface area contributed by atoms with Crippen LogP contribution in [0, 0.1) is 5.92 Å². The van der Waals surface area contributed by atoms with Crippen LogP contribution in [0.15, 0.2) is 12.5 Å². The molecule has 1 aromatic rings.